The van der Waals surface area contributed by atoms with Crippen molar-refractivity contribution in [2.45, 2.75) is 31.5 Å². The molecule has 0 aromatic carbocycles. The molecule has 1 rings (SSSR count). The van der Waals surface area contributed by atoms with Crippen molar-refractivity contribution in [2.75, 3.05) is 33.2 Å². The Bertz CT molecular complexity index is 265. The Labute approximate surface area is 105 Å². The van der Waals surface area contributed by atoms with Crippen LogP contribution in [-0.4, -0.2) is 56.3 Å². The van der Waals surface area contributed by atoms with Gasteiger partial charge in [-0.15, -0.1) is 0 Å². The highest BCUT2D eigenvalue weighted by Gasteiger charge is 2.28. The normalized spacial score (nSPS) is 20.4. The fourth-order valence-corrected chi connectivity index (χ4v) is 1.98. The molecular formula is C11H20F3N3O. The zero-order chi connectivity index (χ0) is 13.6. The zero-order valence-corrected chi connectivity index (χ0v) is 10.5. The van der Waals surface area contributed by atoms with E-state index in [4.69, 9.17) is 0 Å². The fraction of sp³-hybridized carbons (Fsp3) is 0.909. The molecule has 1 heterocycles. The number of carbonyl (C=O) groups is 1. The van der Waals surface area contributed by atoms with Crippen LogP contribution < -0.4 is 10.6 Å². The molecule has 0 aromatic rings. The SMILES string of the molecule is CN(CCCNC(=O)C1CCCN1)CC(F)(F)F. The summed E-state index contributed by atoms with van der Waals surface area (Å²) in [6.45, 7) is 0.675. The lowest BCUT2D eigenvalue weighted by Crippen LogP contribution is -2.41. The van der Waals surface area contributed by atoms with Crippen LogP contribution >= 0.6 is 0 Å². The predicted octanol–water partition coefficient (Wildman–Crippen LogP) is 0.739. The number of hydrogen-bond donors (Lipinski definition) is 2. The average molecular weight is 267 g/mol. The van der Waals surface area contributed by atoms with Crippen molar-refractivity contribution in [1.82, 2.24) is 15.5 Å². The van der Waals surface area contributed by atoms with Crippen LogP contribution in [0.5, 0.6) is 0 Å². The molecule has 0 aliphatic carbocycles. The Morgan fingerprint density at radius 1 is 1.50 bits per heavy atom. The van der Waals surface area contributed by atoms with E-state index in [0.717, 1.165) is 19.4 Å². The predicted molar refractivity (Wildman–Crippen MR) is 62.2 cm³/mol. The molecule has 1 aliphatic rings. The van der Waals surface area contributed by atoms with Crippen LogP contribution in [-0.2, 0) is 4.79 Å². The highest BCUT2D eigenvalue weighted by atomic mass is 19.4. The lowest BCUT2D eigenvalue weighted by Gasteiger charge is -2.18. The molecule has 0 radical (unpaired) electrons. The lowest BCUT2D eigenvalue weighted by molar-refractivity contribution is -0.143. The largest absolute Gasteiger partial charge is 0.401 e. The lowest BCUT2D eigenvalue weighted by atomic mass is 10.2. The Morgan fingerprint density at radius 3 is 2.78 bits per heavy atom. The summed E-state index contributed by atoms with van der Waals surface area (Å²) in [7, 11) is 1.42. The summed E-state index contributed by atoms with van der Waals surface area (Å²) in [6.07, 6.45) is -1.82. The first-order chi connectivity index (χ1) is 8.38. The second-order valence-electron chi connectivity index (χ2n) is 4.65. The van der Waals surface area contributed by atoms with Crippen molar-refractivity contribution in [2.24, 2.45) is 0 Å². The van der Waals surface area contributed by atoms with Gasteiger partial charge in [0.2, 0.25) is 5.91 Å². The van der Waals surface area contributed by atoms with E-state index in [2.05, 4.69) is 10.6 Å². The highest BCUT2D eigenvalue weighted by molar-refractivity contribution is 5.81. The maximum absolute atomic E-state index is 12.0. The van der Waals surface area contributed by atoms with E-state index in [-0.39, 0.29) is 11.9 Å². The molecule has 7 heteroatoms. The fourth-order valence-electron chi connectivity index (χ4n) is 1.98. The van der Waals surface area contributed by atoms with Crippen molar-refractivity contribution in [1.29, 1.82) is 0 Å². The van der Waals surface area contributed by atoms with Gasteiger partial charge in [-0.2, -0.15) is 13.2 Å². The molecule has 2 N–H and O–H groups in total. The highest BCUT2D eigenvalue weighted by Crippen LogP contribution is 2.15. The zero-order valence-electron chi connectivity index (χ0n) is 10.5. The molecule has 1 atom stereocenters. The van der Waals surface area contributed by atoms with Gasteiger partial charge in [0.05, 0.1) is 12.6 Å². The minimum atomic E-state index is -4.16. The maximum Gasteiger partial charge on any atom is 0.401 e. The number of carbonyl (C=O) groups excluding carboxylic acids is 1. The number of nitrogens with one attached hydrogen (secondary N) is 2. The molecule has 1 amide bonds. The van der Waals surface area contributed by atoms with E-state index in [1.807, 2.05) is 0 Å². The van der Waals surface area contributed by atoms with Gasteiger partial charge in [0.25, 0.3) is 0 Å². The number of alkyl halides is 3. The summed E-state index contributed by atoms with van der Waals surface area (Å²) in [5.41, 5.74) is 0. The van der Waals surface area contributed by atoms with E-state index >= 15 is 0 Å². The first kappa shape index (κ1) is 15.2. The molecule has 4 nitrogen and oxygen atoms in total. The van der Waals surface area contributed by atoms with Gasteiger partial charge in [-0.1, -0.05) is 0 Å². The molecule has 1 saturated heterocycles. The second-order valence-corrected chi connectivity index (χ2v) is 4.65. The maximum atomic E-state index is 12.0. The molecule has 0 aromatic heterocycles. The van der Waals surface area contributed by atoms with Crippen LogP contribution in [0.15, 0.2) is 0 Å². The average Bonchev–Trinajstić information content (AvgIpc) is 2.74. The molecular weight excluding hydrogens is 247 g/mol. The molecule has 1 fully saturated rings. The molecule has 1 unspecified atom stereocenters. The van der Waals surface area contributed by atoms with Gasteiger partial charge < -0.3 is 10.6 Å². The Balaban J connectivity index is 2.05. The molecule has 106 valence electrons. The Morgan fingerprint density at radius 2 is 2.22 bits per heavy atom. The Kier molecular flexibility index (Phi) is 5.87. The van der Waals surface area contributed by atoms with Crippen molar-refractivity contribution >= 4 is 5.91 Å². The summed E-state index contributed by atoms with van der Waals surface area (Å²) in [5, 5.41) is 5.80. The van der Waals surface area contributed by atoms with Gasteiger partial charge in [-0.25, -0.2) is 0 Å². The quantitative estimate of drug-likeness (QED) is 0.698. The number of hydrogen-bond acceptors (Lipinski definition) is 3. The van der Waals surface area contributed by atoms with Gasteiger partial charge in [0.15, 0.2) is 0 Å². The summed E-state index contributed by atoms with van der Waals surface area (Å²) in [6, 6.07) is -0.127. The van der Waals surface area contributed by atoms with E-state index in [1.165, 1.54) is 11.9 Å². The molecule has 0 spiro atoms. The summed E-state index contributed by atoms with van der Waals surface area (Å²) in [4.78, 5) is 12.8. The first-order valence-corrected chi connectivity index (χ1v) is 6.15. The second kappa shape index (κ2) is 6.94. The van der Waals surface area contributed by atoms with E-state index in [9.17, 15) is 18.0 Å². The van der Waals surface area contributed by atoms with Gasteiger partial charge in [-0.3, -0.25) is 9.69 Å². The van der Waals surface area contributed by atoms with Crippen LogP contribution in [0.4, 0.5) is 13.2 Å². The van der Waals surface area contributed by atoms with Crippen molar-refractivity contribution in [3.63, 3.8) is 0 Å². The molecule has 18 heavy (non-hydrogen) atoms. The van der Waals surface area contributed by atoms with Crippen LogP contribution in [0, 0.1) is 0 Å². The van der Waals surface area contributed by atoms with Gasteiger partial charge in [-0.05, 0) is 39.4 Å². The third-order valence-corrected chi connectivity index (χ3v) is 2.84. The van der Waals surface area contributed by atoms with Crippen molar-refractivity contribution in [3.05, 3.63) is 0 Å². The van der Waals surface area contributed by atoms with Crippen molar-refractivity contribution < 1.29 is 18.0 Å². The topological polar surface area (TPSA) is 44.4 Å². The number of halogens is 3. The summed E-state index contributed by atoms with van der Waals surface area (Å²) < 4.78 is 36.1. The van der Waals surface area contributed by atoms with Crippen LogP contribution in [0.3, 0.4) is 0 Å². The molecule has 0 bridgehead atoms. The minimum absolute atomic E-state index is 0.0500. The number of amides is 1. The van der Waals surface area contributed by atoms with E-state index < -0.39 is 12.7 Å². The van der Waals surface area contributed by atoms with Crippen LogP contribution in [0.25, 0.3) is 0 Å². The van der Waals surface area contributed by atoms with Crippen LogP contribution in [0.2, 0.25) is 0 Å². The third-order valence-electron chi connectivity index (χ3n) is 2.84. The standard InChI is InChI=1S/C11H20F3N3O/c1-17(8-11(12,13)14)7-3-6-16-10(18)9-4-2-5-15-9/h9,15H,2-8H2,1H3,(H,16,18). The third kappa shape index (κ3) is 6.20. The minimum Gasteiger partial charge on any atom is -0.355 e. The number of rotatable bonds is 6. The van der Waals surface area contributed by atoms with Crippen molar-refractivity contribution in [3.8, 4) is 0 Å². The monoisotopic (exact) mass is 267 g/mol. The smallest absolute Gasteiger partial charge is 0.355 e. The van der Waals surface area contributed by atoms with Gasteiger partial charge in [0, 0.05) is 6.54 Å². The number of nitrogens with zero attached hydrogens (tertiary/aromatic N) is 1. The van der Waals surface area contributed by atoms with E-state index in [1.54, 1.807) is 0 Å². The summed E-state index contributed by atoms with van der Waals surface area (Å²) in [5.74, 6) is -0.0500. The first-order valence-electron chi connectivity index (χ1n) is 6.15. The Hall–Kier alpha value is -0.820. The molecule has 0 saturated carbocycles. The van der Waals surface area contributed by atoms with Gasteiger partial charge >= 0.3 is 6.18 Å². The summed E-state index contributed by atoms with van der Waals surface area (Å²) >= 11 is 0. The van der Waals surface area contributed by atoms with Gasteiger partial charge in [0.1, 0.15) is 0 Å². The van der Waals surface area contributed by atoms with E-state index in [0.29, 0.717) is 19.5 Å². The van der Waals surface area contributed by atoms with Crippen LogP contribution in [0.1, 0.15) is 19.3 Å². The molecule has 1 aliphatic heterocycles.